The Morgan fingerprint density at radius 1 is 1.50 bits per heavy atom. The zero-order chi connectivity index (χ0) is 10.8. The molecule has 84 valence electrons. The molecule has 1 aliphatic rings. The fourth-order valence-electron chi connectivity index (χ4n) is 1.73. The van der Waals surface area contributed by atoms with E-state index >= 15 is 0 Å². The lowest BCUT2D eigenvalue weighted by Crippen LogP contribution is -2.09. The molecule has 1 aliphatic carbocycles. The number of hydrogen-bond acceptors (Lipinski definition) is 3. The van der Waals surface area contributed by atoms with E-state index in [1.807, 2.05) is 17.5 Å². The van der Waals surface area contributed by atoms with E-state index in [2.05, 4.69) is 38.6 Å². The molecule has 0 radical (unpaired) electrons. The molecule has 0 amide bonds. The maximum atomic E-state index is 4.35. The number of aryl methyl sites for hydroxylation is 2. The first-order chi connectivity index (χ1) is 7.92. The summed E-state index contributed by atoms with van der Waals surface area (Å²) >= 11 is 1.82. The number of imidazole rings is 1. The molecule has 0 aliphatic heterocycles. The third-order valence-corrected chi connectivity index (χ3v) is 3.74. The van der Waals surface area contributed by atoms with Gasteiger partial charge in [0.2, 0.25) is 5.95 Å². The number of thiophene rings is 1. The average Bonchev–Trinajstić information content (AvgIpc) is 2.80. The summed E-state index contributed by atoms with van der Waals surface area (Å²) in [6, 6.07) is 4.97. The second kappa shape index (κ2) is 4.29. The molecule has 1 fully saturated rings. The molecular formula is C12H15N3S. The smallest absolute Gasteiger partial charge is 0.202 e. The Labute approximate surface area is 99.1 Å². The van der Waals surface area contributed by atoms with Crippen molar-refractivity contribution in [2.45, 2.75) is 31.8 Å². The van der Waals surface area contributed by atoms with Gasteiger partial charge in [-0.05, 0) is 30.7 Å². The first-order valence-corrected chi connectivity index (χ1v) is 6.60. The van der Waals surface area contributed by atoms with Gasteiger partial charge in [0.15, 0.2) is 0 Å². The van der Waals surface area contributed by atoms with Gasteiger partial charge in [-0.15, -0.1) is 11.3 Å². The van der Waals surface area contributed by atoms with Crippen LogP contribution in [0.25, 0.3) is 0 Å². The van der Waals surface area contributed by atoms with E-state index in [4.69, 9.17) is 0 Å². The molecule has 16 heavy (non-hydrogen) atoms. The van der Waals surface area contributed by atoms with Crippen LogP contribution >= 0.6 is 11.3 Å². The Kier molecular flexibility index (Phi) is 2.66. The Hall–Kier alpha value is -1.29. The molecule has 1 N–H and O–H groups in total. The summed E-state index contributed by atoms with van der Waals surface area (Å²) in [5.74, 6) is 1.03. The average molecular weight is 233 g/mol. The minimum atomic E-state index is 0.669. The van der Waals surface area contributed by atoms with Crippen LogP contribution in [-0.2, 0) is 13.0 Å². The highest BCUT2D eigenvalue weighted by Gasteiger charge is 2.22. The van der Waals surface area contributed by atoms with E-state index in [1.54, 1.807) is 0 Å². The van der Waals surface area contributed by atoms with Crippen LogP contribution in [0.4, 0.5) is 5.95 Å². The lowest BCUT2D eigenvalue weighted by atomic mass is 10.3. The van der Waals surface area contributed by atoms with Crippen molar-refractivity contribution in [1.82, 2.24) is 9.55 Å². The molecule has 2 aromatic heterocycles. The van der Waals surface area contributed by atoms with Crippen LogP contribution in [0.1, 0.15) is 17.7 Å². The highest BCUT2D eigenvalue weighted by atomic mass is 32.1. The van der Waals surface area contributed by atoms with E-state index in [0.717, 1.165) is 18.9 Å². The van der Waals surface area contributed by atoms with Gasteiger partial charge in [-0.3, -0.25) is 0 Å². The lowest BCUT2D eigenvalue weighted by molar-refractivity contribution is 0.704. The molecule has 4 heteroatoms. The second-order valence-corrected chi connectivity index (χ2v) is 5.22. The number of hydrogen-bond donors (Lipinski definition) is 1. The fourth-order valence-corrected chi connectivity index (χ4v) is 2.42. The van der Waals surface area contributed by atoms with Gasteiger partial charge in [0.05, 0.1) is 0 Å². The standard InChI is InChI=1S/C12H15N3S/c1-2-11(16-9-1)5-7-15-8-6-13-12(15)14-10-3-4-10/h1-2,6,8-10H,3-5,7H2,(H,13,14). The van der Waals surface area contributed by atoms with Crippen molar-refractivity contribution in [3.63, 3.8) is 0 Å². The third kappa shape index (κ3) is 2.27. The number of aromatic nitrogens is 2. The van der Waals surface area contributed by atoms with Gasteiger partial charge in [0.25, 0.3) is 0 Å². The van der Waals surface area contributed by atoms with Crippen LogP contribution in [0.15, 0.2) is 29.9 Å². The molecule has 3 nitrogen and oxygen atoms in total. The van der Waals surface area contributed by atoms with Gasteiger partial charge in [-0.25, -0.2) is 4.98 Å². The SMILES string of the molecule is c1csc(CCn2ccnc2NC2CC2)c1. The van der Waals surface area contributed by atoms with Gasteiger partial charge in [0, 0.05) is 29.9 Å². The molecule has 1 saturated carbocycles. The molecule has 0 spiro atoms. The summed E-state index contributed by atoms with van der Waals surface area (Å²) in [6.07, 6.45) is 7.60. The number of nitrogens with one attached hydrogen (secondary N) is 1. The van der Waals surface area contributed by atoms with Gasteiger partial charge in [0.1, 0.15) is 0 Å². The second-order valence-electron chi connectivity index (χ2n) is 4.19. The Morgan fingerprint density at radius 3 is 3.19 bits per heavy atom. The summed E-state index contributed by atoms with van der Waals surface area (Å²) in [5, 5.41) is 5.58. The predicted octanol–water partition coefficient (Wildman–Crippen LogP) is 2.76. The predicted molar refractivity (Wildman–Crippen MR) is 66.9 cm³/mol. The Balaban J connectivity index is 1.62. The zero-order valence-corrected chi connectivity index (χ0v) is 9.91. The normalized spacial score (nSPS) is 15.2. The molecule has 2 aromatic rings. The van der Waals surface area contributed by atoms with Crippen molar-refractivity contribution in [2.24, 2.45) is 0 Å². The van der Waals surface area contributed by atoms with Crippen LogP contribution < -0.4 is 5.32 Å². The summed E-state index contributed by atoms with van der Waals surface area (Å²) < 4.78 is 2.21. The minimum absolute atomic E-state index is 0.669. The van der Waals surface area contributed by atoms with Crippen molar-refractivity contribution in [2.75, 3.05) is 5.32 Å². The van der Waals surface area contributed by atoms with Crippen molar-refractivity contribution < 1.29 is 0 Å². The molecule has 0 aromatic carbocycles. The summed E-state index contributed by atoms with van der Waals surface area (Å²) in [5.41, 5.74) is 0. The van der Waals surface area contributed by atoms with Crippen molar-refractivity contribution in [3.8, 4) is 0 Å². The van der Waals surface area contributed by atoms with Gasteiger partial charge in [-0.1, -0.05) is 6.07 Å². The lowest BCUT2D eigenvalue weighted by Gasteiger charge is -2.08. The quantitative estimate of drug-likeness (QED) is 0.860. The van der Waals surface area contributed by atoms with Gasteiger partial charge < -0.3 is 9.88 Å². The molecule has 0 unspecified atom stereocenters. The van der Waals surface area contributed by atoms with Crippen LogP contribution in [0, 0.1) is 0 Å². The van der Waals surface area contributed by atoms with Crippen LogP contribution in [0.5, 0.6) is 0 Å². The van der Waals surface area contributed by atoms with Crippen molar-refractivity contribution >= 4 is 17.3 Å². The molecule has 3 rings (SSSR count). The van der Waals surface area contributed by atoms with E-state index in [0.29, 0.717) is 6.04 Å². The summed E-state index contributed by atoms with van der Waals surface area (Å²) in [6.45, 7) is 1.01. The van der Waals surface area contributed by atoms with E-state index in [9.17, 15) is 0 Å². The van der Waals surface area contributed by atoms with Crippen LogP contribution in [0.2, 0.25) is 0 Å². The molecule has 0 saturated heterocycles. The first-order valence-electron chi connectivity index (χ1n) is 5.72. The first kappa shape index (κ1) is 9.90. The van der Waals surface area contributed by atoms with Gasteiger partial charge >= 0.3 is 0 Å². The number of nitrogens with zero attached hydrogens (tertiary/aromatic N) is 2. The molecule has 0 atom stereocenters. The fraction of sp³-hybridized carbons (Fsp3) is 0.417. The maximum absolute atomic E-state index is 4.35. The number of anilines is 1. The Bertz CT molecular complexity index is 443. The molecular weight excluding hydrogens is 218 g/mol. The Morgan fingerprint density at radius 2 is 2.44 bits per heavy atom. The monoisotopic (exact) mass is 233 g/mol. The highest BCUT2D eigenvalue weighted by molar-refractivity contribution is 7.09. The van der Waals surface area contributed by atoms with E-state index in [-0.39, 0.29) is 0 Å². The van der Waals surface area contributed by atoms with E-state index < -0.39 is 0 Å². The number of rotatable bonds is 5. The third-order valence-electron chi connectivity index (χ3n) is 2.81. The molecule has 2 heterocycles. The highest BCUT2D eigenvalue weighted by Crippen LogP contribution is 2.23. The maximum Gasteiger partial charge on any atom is 0.202 e. The van der Waals surface area contributed by atoms with Crippen molar-refractivity contribution in [3.05, 3.63) is 34.8 Å². The topological polar surface area (TPSA) is 29.9 Å². The van der Waals surface area contributed by atoms with Gasteiger partial charge in [-0.2, -0.15) is 0 Å². The zero-order valence-electron chi connectivity index (χ0n) is 9.10. The summed E-state index contributed by atoms with van der Waals surface area (Å²) in [4.78, 5) is 5.79. The minimum Gasteiger partial charge on any atom is -0.353 e. The molecule has 0 bridgehead atoms. The van der Waals surface area contributed by atoms with Crippen molar-refractivity contribution in [1.29, 1.82) is 0 Å². The van der Waals surface area contributed by atoms with Crippen LogP contribution in [0.3, 0.4) is 0 Å². The largest absolute Gasteiger partial charge is 0.353 e. The van der Waals surface area contributed by atoms with E-state index in [1.165, 1.54) is 17.7 Å². The van der Waals surface area contributed by atoms with Crippen LogP contribution in [-0.4, -0.2) is 15.6 Å². The summed E-state index contributed by atoms with van der Waals surface area (Å²) in [7, 11) is 0.